The summed E-state index contributed by atoms with van der Waals surface area (Å²) in [5.74, 6) is -0.863. The second kappa shape index (κ2) is 7.24. The van der Waals surface area contributed by atoms with E-state index in [0.717, 1.165) is 5.56 Å². The van der Waals surface area contributed by atoms with E-state index < -0.39 is 10.3 Å². The standard InChI is InChI=1S/C21H27N3O5/c1-13-7-8-15(16(12-13)24(28)29)22-17(25)6-5-11-23-18(26)14-9-10-21(4,19(23)27)20(14,2)3/h7-8,12,14H,5-6,9-11H2,1-4H3,(H,22,25). The lowest BCUT2D eigenvalue weighted by molar-refractivity contribution is -0.384. The summed E-state index contributed by atoms with van der Waals surface area (Å²) in [6, 6.07) is 4.59. The lowest BCUT2D eigenvalue weighted by Gasteiger charge is -2.47. The highest BCUT2D eigenvalue weighted by Gasteiger charge is 2.64. The van der Waals surface area contributed by atoms with Crippen molar-refractivity contribution in [1.29, 1.82) is 0 Å². The van der Waals surface area contributed by atoms with Crippen LogP contribution in [0.1, 0.15) is 52.0 Å². The summed E-state index contributed by atoms with van der Waals surface area (Å²) in [6.45, 7) is 7.82. The van der Waals surface area contributed by atoms with Gasteiger partial charge in [0, 0.05) is 24.9 Å². The van der Waals surface area contributed by atoms with Crippen molar-refractivity contribution in [3.8, 4) is 0 Å². The Balaban J connectivity index is 1.61. The van der Waals surface area contributed by atoms with Gasteiger partial charge in [-0.1, -0.05) is 26.8 Å². The lowest BCUT2D eigenvalue weighted by atomic mass is 9.62. The molecular formula is C21H27N3O5. The van der Waals surface area contributed by atoms with Crippen LogP contribution < -0.4 is 5.32 Å². The lowest BCUT2D eigenvalue weighted by Crippen LogP contribution is -2.59. The Kier molecular flexibility index (Phi) is 5.23. The van der Waals surface area contributed by atoms with E-state index in [9.17, 15) is 24.5 Å². The van der Waals surface area contributed by atoms with E-state index in [1.807, 2.05) is 20.8 Å². The summed E-state index contributed by atoms with van der Waals surface area (Å²) in [6.07, 6.45) is 1.78. The molecular weight excluding hydrogens is 374 g/mol. The highest BCUT2D eigenvalue weighted by Crippen LogP contribution is 2.60. The van der Waals surface area contributed by atoms with Gasteiger partial charge in [-0.15, -0.1) is 0 Å². The van der Waals surface area contributed by atoms with Gasteiger partial charge < -0.3 is 5.32 Å². The largest absolute Gasteiger partial charge is 0.320 e. The maximum Gasteiger partial charge on any atom is 0.293 e. The van der Waals surface area contributed by atoms with E-state index in [1.54, 1.807) is 13.0 Å². The van der Waals surface area contributed by atoms with Crippen LogP contribution in [0.4, 0.5) is 11.4 Å². The molecule has 1 heterocycles. The van der Waals surface area contributed by atoms with Gasteiger partial charge in [0.05, 0.1) is 10.3 Å². The molecule has 1 aliphatic heterocycles. The molecule has 0 spiro atoms. The van der Waals surface area contributed by atoms with Crippen molar-refractivity contribution in [3.05, 3.63) is 33.9 Å². The van der Waals surface area contributed by atoms with E-state index in [2.05, 4.69) is 5.32 Å². The summed E-state index contributed by atoms with van der Waals surface area (Å²) in [7, 11) is 0. The summed E-state index contributed by atoms with van der Waals surface area (Å²) in [4.78, 5) is 50.0. The molecule has 29 heavy (non-hydrogen) atoms. The minimum atomic E-state index is -0.559. The minimum Gasteiger partial charge on any atom is -0.320 e. The molecule has 2 atom stereocenters. The number of benzene rings is 1. The Morgan fingerprint density at radius 1 is 1.31 bits per heavy atom. The molecule has 1 aliphatic carbocycles. The molecule has 2 aliphatic rings. The Labute approximate surface area is 169 Å². The summed E-state index contributed by atoms with van der Waals surface area (Å²) in [5, 5.41) is 13.7. The molecule has 3 amide bonds. The van der Waals surface area contributed by atoms with Crippen LogP contribution in [0.2, 0.25) is 0 Å². The quantitative estimate of drug-likeness (QED) is 0.446. The number of nitro benzene ring substituents is 1. The first kappa shape index (κ1) is 21.0. The van der Waals surface area contributed by atoms with E-state index >= 15 is 0 Å². The van der Waals surface area contributed by atoms with Gasteiger partial charge in [0.2, 0.25) is 17.7 Å². The van der Waals surface area contributed by atoms with Crippen LogP contribution in [0.15, 0.2) is 18.2 Å². The highest BCUT2D eigenvalue weighted by molar-refractivity contribution is 6.03. The number of amides is 3. The maximum atomic E-state index is 13.0. The molecule has 0 aromatic heterocycles. The number of carbonyl (C=O) groups excluding carboxylic acids is 3. The number of fused-ring (bicyclic) bond motifs is 2. The van der Waals surface area contributed by atoms with Crippen LogP contribution in [-0.2, 0) is 14.4 Å². The Bertz CT molecular complexity index is 894. The van der Waals surface area contributed by atoms with Crippen molar-refractivity contribution in [2.75, 3.05) is 11.9 Å². The molecule has 1 saturated carbocycles. The third-order valence-corrected chi connectivity index (χ3v) is 6.92. The van der Waals surface area contributed by atoms with Gasteiger partial charge in [-0.2, -0.15) is 0 Å². The number of nitrogens with one attached hydrogen (secondary N) is 1. The average molecular weight is 401 g/mol. The maximum absolute atomic E-state index is 13.0. The van der Waals surface area contributed by atoms with E-state index in [0.29, 0.717) is 19.3 Å². The monoisotopic (exact) mass is 401 g/mol. The molecule has 0 radical (unpaired) electrons. The predicted molar refractivity (Wildman–Crippen MR) is 107 cm³/mol. The molecule has 3 rings (SSSR count). The van der Waals surface area contributed by atoms with Crippen molar-refractivity contribution in [2.45, 2.75) is 53.4 Å². The van der Waals surface area contributed by atoms with Crippen molar-refractivity contribution < 1.29 is 19.3 Å². The number of nitro groups is 1. The third-order valence-electron chi connectivity index (χ3n) is 6.92. The molecule has 1 saturated heterocycles. The molecule has 2 unspecified atom stereocenters. The predicted octanol–water partition coefficient (Wildman–Crippen LogP) is 3.43. The van der Waals surface area contributed by atoms with Crippen LogP contribution in [0.3, 0.4) is 0 Å². The number of aryl methyl sites for hydroxylation is 1. The fraction of sp³-hybridized carbons (Fsp3) is 0.571. The second-order valence-electron chi connectivity index (χ2n) is 8.87. The first-order chi connectivity index (χ1) is 13.5. The average Bonchev–Trinajstić information content (AvgIpc) is 2.83. The van der Waals surface area contributed by atoms with Gasteiger partial charge in [-0.25, -0.2) is 0 Å². The summed E-state index contributed by atoms with van der Waals surface area (Å²) >= 11 is 0. The van der Waals surface area contributed by atoms with Crippen LogP contribution in [-0.4, -0.2) is 34.1 Å². The SMILES string of the molecule is Cc1ccc(NC(=O)CCCN2C(=O)C3CCC(C)(C2=O)C3(C)C)c([N+](=O)[O-])c1. The number of likely N-dealkylation sites (tertiary alicyclic amines) is 1. The zero-order valence-electron chi connectivity index (χ0n) is 17.3. The Morgan fingerprint density at radius 2 is 2.00 bits per heavy atom. The van der Waals surface area contributed by atoms with Crippen LogP contribution in [0.25, 0.3) is 0 Å². The van der Waals surface area contributed by atoms with Crippen LogP contribution >= 0.6 is 0 Å². The molecule has 1 aromatic carbocycles. The molecule has 2 bridgehead atoms. The van der Waals surface area contributed by atoms with Gasteiger partial charge in [0.15, 0.2) is 0 Å². The molecule has 8 nitrogen and oxygen atoms in total. The number of hydrogen-bond donors (Lipinski definition) is 1. The molecule has 156 valence electrons. The van der Waals surface area contributed by atoms with Crippen LogP contribution in [0.5, 0.6) is 0 Å². The fourth-order valence-electron chi connectivity index (χ4n) is 4.62. The highest BCUT2D eigenvalue weighted by atomic mass is 16.6. The number of hydrogen-bond acceptors (Lipinski definition) is 5. The second-order valence-corrected chi connectivity index (χ2v) is 8.87. The van der Waals surface area contributed by atoms with Gasteiger partial charge in [0.1, 0.15) is 5.69 Å². The van der Waals surface area contributed by atoms with Gasteiger partial charge in [-0.05, 0) is 43.2 Å². The van der Waals surface area contributed by atoms with E-state index in [1.165, 1.54) is 17.0 Å². The smallest absolute Gasteiger partial charge is 0.293 e. The molecule has 1 N–H and O–H groups in total. The van der Waals surface area contributed by atoms with Gasteiger partial charge in [0.25, 0.3) is 5.69 Å². The summed E-state index contributed by atoms with van der Waals surface area (Å²) in [5.41, 5.74) is -0.215. The van der Waals surface area contributed by atoms with Crippen LogP contribution in [0, 0.1) is 33.8 Å². The Morgan fingerprint density at radius 3 is 2.66 bits per heavy atom. The number of piperidine rings is 1. The fourth-order valence-corrected chi connectivity index (χ4v) is 4.62. The van der Waals surface area contributed by atoms with Crippen molar-refractivity contribution in [3.63, 3.8) is 0 Å². The van der Waals surface area contributed by atoms with Crippen molar-refractivity contribution in [2.24, 2.45) is 16.7 Å². The molecule has 2 fully saturated rings. The Hall–Kier alpha value is -2.77. The van der Waals surface area contributed by atoms with Crippen molar-refractivity contribution >= 4 is 29.1 Å². The number of anilines is 1. The van der Waals surface area contributed by atoms with Crippen molar-refractivity contribution in [1.82, 2.24) is 4.90 Å². The number of rotatable bonds is 6. The van der Waals surface area contributed by atoms with Gasteiger partial charge >= 0.3 is 0 Å². The first-order valence-electron chi connectivity index (χ1n) is 9.90. The summed E-state index contributed by atoms with van der Waals surface area (Å²) < 4.78 is 0. The van der Waals surface area contributed by atoms with E-state index in [4.69, 9.17) is 0 Å². The molecule has 1 aromatic rings. The minimum absolute atomic E-state index is 0.0624. The number of carbonyl (C=O) groups is 3. The number of nitrogens with zero attached hydrogens (tertiary/aromatic N) is 2. The molecule has 8 heteroatoms. The number of imide groups is 1. The zero-order chi connectivity index (χ0) is 21.6. The normalized spacial score (nSPS) is 25.2. The third kappa shape index (κ3) is 3.41. The topological polar surface area (TPSA) is 110 Å². The van der Waals surface area contributed by atoms with Gasteiger partial charge in [-0.3, -0.25) is 29.4 Å². The first-order valence-corrected chi connectivity index (χ1v) is 9.90. The zero-order valence-corrected chi connectivity index (χ0v) is 17.3. The van der Waals surface area contributed by atoms with E-state index in [-0.39, 0.29) is 53.4 Å².